The molecule has 2 aliphatic rings. The SMILES string of the molecule is CNS(=O)(=O)c1ccc2c(c1)CCO[C@H]2CCN1CCN(c2cccc3cc(C#N)ccc23)C[C@H]1C. The normalized spacial score (nSPS) is 20.8. The monoisotopic (exact) mass is 504 g/mol. The van der Waals surface area contributed by atoms with Crippen molar-refractivity contribution < 1.29 is 13.2 Å². The van der Waals surface area contributed by atoms with Crippen LogP contribution in [0.5, 0.6) is 0 Å². The molecule has 0 spiro atoms. The topological polar surface area (TPSA) is 85.7 Å². The Labute approximate surface area is 213 Å². The van der Waals surface area contributed by atoms with Crippen molar-refractivity contribution in [3.63, 3.8) is 0 Å². The molecular weight excluding hydrogens is 472 g/mol. The third-order valence-electron chi connectivity index (χ3n) is 7.50. The number of fused-ring (bicyclic) bond motifs is 2. The molecule has 3 aromatic carbocycles. The molecule has 1 saturated heterocycles. The molecule has 188 valence electrons. The maximum atomic E-state index is 12.2. The van der Waals surface area contributed by atoms with Crippen molar-refractivity contribution in [1.82, 2.24) is 9.62 Å². The van der Waals surface area contributed by atoms with Gasteiger partial charge >= 0.3 is 0 Å². The number of piperazine rings is 1. The minimum atomic E-state index is -3.45. The van der Waals surface area contributed by atoms with Gasteiger partial charge in [-0.05, 0) is 73.7 Å². The predicted molar refractivity (Wildman–Crippen MR) is 142 cm³/mol. The van der Waals surface area contributed by atoms with E-state index in [2.05, 4.69) is 51.8 Å². The molecule has 1 fully saturated rings. The number of benzene rings is 3. The maximum Gasteiger partial charge on any atom is 0.240 e. The molecule has 0 aliphatic carbocycles. The van der Waals surface area contributed by atoms with Crippen LogP contribution in [0.25, 0.3) is 10.8 Å². The summed E-state index contributed by atoms with van der Waals surface area (Å²) in [7, 11) is -2.01. The second-order valence-corrected chi connectivity index (χ2v) is 11.5. The van der Waals surface area contributed by atoms with Gasteiger partial charge in [-0.15, -0.1) is 0 Å². The Kier molecular flexibility index (Phi) is 7.00. The van der Waals surface area contributed by atoms with Gasteiger partial charge in [0.2, 0.25) is 10.0 Å². The van der Waals surface area contributed by atoms with Crippen LogP contribution in [0.15, 0.2) is 59.5 Å². The van der Waals surface area contributed by atoms with Crippen LogP contribution in [-0.2, 0) is 21.2 Å². The summed E-state index contributed by atoms with van der Waals surface area (Å²) in [5, 5.41) is 11.5. The van der Waals surface area contributed by atoms with E-state index >= 15 is 0 Å². The van der Waals surface area contributed by atoms with Crippen molar-refractivity contribution in [3.8, 4) is 6.07 Å². The molecule has 5 rings (SSSR count). The fourth-order valence-corrected chi connectivity index (χ4v) is 6.26. The number of nitrogens with one attached hydrogen (secondary N) is 1. The molecule has 1 N–H and O–H groups in total. The zero-order valence-electron chi connectivity index (χ0n) is 20.8. The van der Waals surface area contributed by atoms with Gasteiger partial charge in [-0.3, -0.25) is 4.90 Å². The smallest absolute Gasteiger partial charge is 0.240 e. The van der Waals surface area contributed by atoms with Crippen LogP contribution in [0.2, 0.25) is 0 Å². The van der Waals surface area contributed by atoms with Gasteiger partial charge in [0, 0.05) is 43.3 Å². The van der Waals surface area contributed by atoms with E-state index in [4.69, 9.17) is 4.74 Å². The fraction of sp³-hybridized carbons (Fsp3) is 0.393. The number of rotatable bonds is 6. The minimum Gasteiger partial charge on any atom is -0.373 e. The van der Waals surface area contributed by atoms with E-state index in [9.17, 15) is 13.7 Å². The highest BCUT2D eigenvalue weighted by Gasteiger charge is 2.28. The third-order valence-corrected chi connectivity index (χ3v) is 8.91. The summed E-state index contributed by atoms with van der Waals surface area (Å²) in [6.07, 6.45) is 1.59. The molecule has 8 heteroatoms. The van der Waals surface area contributed by atoms with Crippen molar-refractivity contribution in [2.45, 2.75) is 36.8 Å². The molecule has 0 radical (unpaired) electrons. The van der Waals surface area contributed by atoms with Crippen LogP contribution in [0.4, 0.5) is 5.69 Å². The predicted octanol–water partition coefficient (Wildman–Crippen LogP) is 3.83. The summed E-state index contributed by atoms with van der Waals surface area (Å²) in [6.45, 7) is 6.65. The van der Waals surface area contributed by atoms with Crippen molar-refractivity contribution in [2.24, 2.45) is 0 Å². The summed E-state index contributed by atoms with van der Waals surface area (Å²) >= 11 is 0. The summed E-state index contributed by atoms with van der Waals surface area (Å²) in [4.78, 5) is 5.28. The average Bonchev–Trinajstić information content (AvgIpc) is 2.91. The van der Waals surface area contributed by atoms with Gasteiger partial charge in [0.25, 0.3) is 0 Å². The highest BCUT2D eigenvalue weighted by Crippen LogP contribution is 2.33. The fourth-order valence-electron chi connectivity index (χ4n) is 5.48. The zero-order chi connectivity index (χ0) is 25.3. The molecule has 0 amide bonds. The van der Waals surface area contributed by atoms with Crippen molar-refractivity contribution in [2.75, 3.05) is 44.7 Å². The molecule has 0 saturated carbocycles. The minimum absolute atomic E-state index is 0.0160. The van der Waals surface area contributed by atoms with Gasteiger partial charge < -0.3 is 9.64 Å². The lowest BCUT2D eigenvalue weighted by Gasteiger charge is -2.42. The van der Waals surface area contributed by atoms with Gasteiger partial charge in [-0.2, -0.15) is 5.26 Å². The number of anilines is 1. The zero-order valence-corrected chi connectivity index (χ0v) is 21.6. The van der Waals surface area contributed by atoms with E-state index in [0.29, 0.717) is 23.1 Å². The lowest BCUT2D eigenvalue weighted by atomic mass is 9.95. The highest BCUT2D eigenvalue weighted by atomic mass is 32.2. The molecular formula is C28H32N4O3S. The summed E-state index contributed by atoms with van der Waals surface area (Å²) < 4.78 is 32.9. The van der Waals surface area contributed by atoms with Gasteiger partial charge in [0.15, 0.2) is 0 Å². The van der Waals surface area contributed by atoms with Gasteiger partial charge in [-0.1, -0.05) is 24.3 Å². The Morgan fingerprint density at radius 3 is 2.78 bits per heavy atom. The standard InChI is InChI=1S/C28H32N4O3S/c1-20-19-32(27-5-3-4-22-16-21(18-29)6-8-25(22)27)14-13-31(20)12-10-28-26-9-7-24(36(33,34)30-2)17-23(26)11-15-35-28/h3-9,16-17,20,28,30H,10-15,19H2,1-2H3/t20-,28+/m1/s1. The molecule has 2 aliphatic heterocycles. The molecule has 0 bridgehead atoms. The lowest BCUT2D eigenvalue weighted by Crippen LogP contribution is -2.52. The first-order valence-electron chi connectivity index (χ1n) is 12.5. The van der Waals surface area contributed by atoms with E-state index in [1.807, 2.05) is 18.2 Å². The Hall–Kier alpha value is -2.96. The van der Waals surface area contributed by atoms with Crippen LogP contribution >= 0.6 is 0 Å². The van der Waals surface area contributed by atoms with Crippen LogP contribution in [0.1, 0.15) is 36.1 Å². The van der Waals surface area contributed by atoms with Crippen molar-refractivity contribution in [1.29, 1.82) is 5.26 Å². The van der Waals surface area contributed by atoms with Gasteiger partial charge in [0.1, 0.15) is 0 Å². The van der Waals surface area contributed by atoms with E-state index in [-0.39, 0.29) is 6.10 Å². The summed E-state index contributed by atoms with van der Waals surface area (Å²) in [6, 6.07) is 20.2. The van der Waals surface area contributed by atoms with Crippen LogP contribution in [0, 0.1) is 11.3 Å². The van der Waals surface area contributed by atoms with E-state index in [1.165, 1.54) is 18.1 Å². The van der Waals surface area contributed by atoms with E-state index in [1.54, 1.807) is 12.1 Å². The lowest BCUT2D eigenvalue weighted by molar-refractivity contribution is 0.0254. The van der Waals surface area contributed by atoms with Gasteiger partial charge in [0.05, 0.1) is 29.2 Å². The van der Waals surface area contributed by atoms with Crippen LogP contribution < -0.4 is 9.62 Å². The first-order chi connectivity index (χ1) is 17.4. The number of hydrogen-bond acceptors (Lipinski definition) is 6. The molecule has 2 heterocycles. The number of sulfonamides is 1. The number of nitrogens with zero attached hydrogens (tertiary/aromatic N) is 3. The summed E-state index contributed by atoms with van der Waals surface area (Å²) in [5.74, 6) is 0. The molecule has 7 nitrogen and oxygen atoms in total. The second-order valence-electron chi connectivity index (χ2n) is 9.62. The first-order valence-corrected chi connectivity index (χ1v) is 14.0. The molecule has 2 atom stereocenters. The number of hydrogen-bond donors (Lipinski definition) is 1. The highest BCUT2D eigenvalue weighted by molar-refractivity contribution is 7.89. The van der Waals surface area contributed by atoms with Crippen LogP contribution in [-0.4, -0.2) is 59.2 Å². The largest absolute Gasteiger partial charge is 0.373 e. The summed E-state index contributed by atoms with van der Waals surface area (Å²) in [5.41, 5.74) is 4.08. The molecule has 0 aromatic heterocycles. The Morgan fingerprint density at radius 2 is 2.00 bits per heavy atom. The first kappa shape index (κ1) is 24.7. The van der Waals surface area contributed by atoms with E-state index in [0.717, 1.165) is 55.5 Å². The Morgan fingerprint density at radius 1 is 1.14 bits per heavy atom. The average molecular weight is 505 g/mol. The van der Waals surface area contributed by atoms with Crippen LogP contribution in [0.3, 0.4) is 0 Å². The molecule has 3 aromatic rings. The van der Waals surface area contributed by atoms with Gasteiger partial charge in [-0.25, -0.2) is 13.1 Å². The quantitative estimate of drug-likeness (QED) is 0.549. The Balaban J connectivity index is 1.25. The second kappa shape index (κ2) is 10.2. The number of ether oxygens (including phenoxy) is 1. The third kappa shape index (κ3) is 4.84. The van der Waals surface area contributed by atoms with Crippen molar-refractivity contribution >= 4 is 26.5 Å². The number of nitriles is 1. The Bertz CT molecular complexity index is 1420. The van der Waals surface area contributed by atoms with E-state index < -0.39 is 10.0 Å². The molecule has 0 unspecified atom stereocenters. The van der Waals surface area contributed by atoms with Crippen molar-refractivity contribution in [3.05, 3.63) is 71.3 Å². The maximum absolute atomic E-state index is 12.2. The molecule has 36 heavy (non-hydrogen) atoms.